The number of pyridine rings is 1. The first-order valence-electron chi connectivity index (χ1n) is 6.78. The Bertz CT molecular complexity index is 608. The van der Waals surface area contributed by atoms with E-state index in [0.29, 0.717) is 0 Å². The highest BCUT2D eigenvalue weighted by Gasteiger charge is 2.09. The van der Waals surface area contributed by atoms with Crippen molar-refractivity contribution in [3.63, 3.8) is 0 Å². The number of carboxylic acid groups (broad SMARTS) is 1. The Kier molecular flexibility index (Phi) is 5.66. The van der Waals surface area contributed by atoms with Gasteiger partial charge in [0.1, 0.15) is 0 Å². The zero-order valence-corrected chi connectivity index (χ0v) is 12.7. The van der Waals surface area contributed by atoms with E-state index in [-0.39, 0.29) is 0 Å². The van der Waals surface area contributed by atoms with Crippen molar-refractivity contribution in [1.82, 2.24) is 9.88 Å². The molecule has 5 heteroatoms. The Hall–Kier alpha value is -1.98. The van der Waals surface area contributed by atoms with Crippen LogP contribution < -0.4 is 0 Å². The molecule has 2 heterocycles. The summed E-state index contributed by atoms with van der Waals surface area (Å²) in [6.07, 6.45) is 4.64. The quantitative estimate of drug-likeness (QED) is 0.798. The summed E-state index contributed by atoms with van der Waals surface area (Å²) in [5, 5.41) is 10.7. The minimum Gasteiger partial charge on any atom is -0.478 e. The van der Waals surface area contributed by atoms with Gasteiger partial charge < -0.3 is 5.11 Å². The van der Waals surface area contributed by atoms with Crippen molar-refractivity contribution in [3.8, 4) is 0 Å². The molecule has 1 N–H and O–H groups in total. The van der Waals surface area contributed by atoms with Gasteiger partial charge in [-0.1, -0.05) is 13.0 Å². The Morgan fingerprint density at radius 3 is 2.90 bits per heavy atom. The van der Waals surface area contributed by atoms with Gasteiger partial charge in [-0.25, -0.2) is 4.79 Å². The van der Waals surface area contributed by atoms with Crippen LogP contribution >= 0.6 is 11.3 Å². The van der Waals surface area contributed by atoms with Crippen molar-refractivity contribution in [2.45, 2.75) is 20.0 Å². The van der Waals surface area contributed by atoms with E-state index >= 15 is 0 Å². The summed E-state index contributed by atoms with van der Waals surface area (Å²) in [5.74, 6) is -0.923. The van der Waals surface area contributed by atoms with E-state index in [1.807, 2.05) is 29.6 Å². The third kappa shape index (κ3) is 4.81. The molecule has 4 nitrogen and oxygen atoms in total. The van der Waals surface area contributed by atoms with Crippen LogP contribution in [0.4, 0.5) is 0 Å². The van der Waals surface area contributed by atoms with E-state index in [0.717, 1.165) is 30.9 Å². The molecule has 0 unspecified atom stereocenters. The second-order valence-corrected chi connectivity index (χ2v) is 5.60. The second kappa shape index (κ2) is 7.71. The lowest BCUT2D eigenvalue weighted by Gasteiger charge is -2.19. The fraction of sp³-hybridized carbons (Fsp3) is 0.250. The fourth-order valence-electron chi connectivity index (χ4n) is 1.99. The number of rotatable bonds is 7. The van der Waals surface area contributed by atoms with Crippen LogP contribution in [0.25, 0.3) is 6.08 Å². The van der Waals surface area contributed by atoms with Crippen molar-refractivity contribution < 1.29 is 9.90 Å². The number of hydrogen-bond acceptors (Lipinski definition) is 4. The number of thiophene rings is 1. The molecule has 2 aromatic rings. The summed E-state index contributed by atoms with van der Waals surface area (Å²) in [7, 11) is 0. The molecule has 0 bridgehead atoms. The highest BCUT2D eigenvalue weighted by Crippen LogP contribution is 2.21. The smallest absolute Gasteiger partial charge is 0.328 e. The molecule has 2 aromatic heterocycles. The Morgan fingerprint density at radius 2 is 2.24 bits per heavy atom. The highest BCUT2D eigenvalue weighted by molar-refractivity contribution is 7.10. The maximum absolute atomic E-state index is 10.6. The lowest BCUT2D eigenvalue weighted by atomic mass is 10.2. The lowest BCUT2D eigenvalue weighted by molar-refractivity contribution is -0.131. The zero-order valence-electron chi connectivity index (χ0n) is 11.9. The summed E-state index contributed by atoms with van der Waals surface area (Å²) >= 11 is 1.65. The number of aromatic nitrogens is 1. The Labute approximate surface area is 128 Å². The van der Waals surface area contributed by atoms with Gasteiger partial charge in [-0.2, -0.15) is 0 Å². The van der Waals surface area contributed by atoms with Crippen molar-refractivity contribution in [2.24, 2.45) is 0 Å². The van der Waals surface area contributed by atoms with Crippen LogP contribution in [-0.4, -0.2) is 27.5 Å². The summed E-state index contributed by atoms with van der Waals surface area (Å²) in [5.41, 5.74) is 2.01. The molecule has 0 aromatic carbocycles. The third-order valence-electron chi connectivity index (χ3n) is 3.11. The molecular formula is C16H18N2O2S. The van der Waals surface area contributed by atoms with Crippen LogP contribution in [0.1, 0.15) is 23.1 Å². The van der Waals surface area contributed by atoms with Crippen LogP contribution in [0.15, 0.2) is 41.9 Å². The number of carboxylic acids is 1. The van der Waals surface area contributed by atoms with Crippen molar-refractivity contribution in [3.05, 3.63) is 58.1 Å². The van der Waals surface area contributed by atoms with Gasteiger partial charge in [-0.15, -0.1) is 11.3 Å². The maximum atomic E-state index is 10.6. The standard InChI is InChI=1S/C16H18N2O2S/c1-2-18(11-14-5-3-4-9-17-14)12-15-13(8-10-21-15)6-7-16(19)20/h3-10H,2,11-12H2,1H3,(H,19,20)/b7-6+. The molecule has 0 aliphatic carbocycles. The lowest BCUT2D eigenvalue weighted by Crippen LogP contribution is -2.22. The molecule has 0 saturated heterocycles. The van der Waals surface area contributed by atoms with Crippen LogP contribution in [0.2, 0.25) is 0 Å². The first kappa shape index (κ1) is 15.4. The Balaban J connectivity index is 2.05. The number of aliphatic carboxylic acids is 1. The van der Waals surface area contributed by atoms with E-state index in [9.17, 15) is 4.79 Å². The molecule has 110 valence electrons. The number of carbonyl (C=O) groups is 1. The molecule has 0 radical (unpaired) electrons. The van der Waals surface area contributed by atoms with Gasteiger partial charge >= 0.3 is 5.97 Å². The van der Waals surface area contributed by atoms with Crippen LogP contribution in [0.3, 0.4) is 0 Å². The van der Waals surface area contributed by atoms with Crippen LogP contribution in [-0.2, 0) is 17.9 Å². The van der Waals surface area contributed by atoms with E-state index in [4.69, 9.17) is 5.11 Å². The average molecular weight is 302 g/mol. The van der Waals surface area contributed by atoms with Crippen molar-refractivity contribution in [2.75, 3.05) is 6.54 Å². The largest absolute Gasteiger partial charge is 0.478 e. The molecule has 0 fully saturated rings. The number of hydrogen-bond donors (Lipinski definition) is 1. The monoisotopic (exact) mass is 302 g/mol. The van der Waals surface area contributed by atoms with Gasteiger partial charge in [0.15, 0.2) is 0 Å². The van der Waals surface area contributed by atoms with Gasteiger partial charge in [-0.05, 0) is 41.8 Å². The van der Waals surface area contributed by atoms with Gasteiger partial charge in [0.2, 0.25) is 0 Å². The summed E-state index contributed by atoms with van der Waals surface area (Å²) in [4.78, 5) is 18.4. The summed E-state index contributed by atoms with van der Waals surface area (Å²) < 4.78 is 0. The highest BCUT2D eigenvalue weighted by atomic mass is 32.1. The van der Waals surface area contributed by atoms with Gasteiger partial charge in [0.05, 0.1) is 5.69 Å². The number of nitrogens with zero attached hydrogens (tertiary/aromatic N) is 2. The molecule has 0 aliphatic rings. The van der Waals surface area contributed by atoms with Gasteiger partial charge in [-0.3, -0.25) is 9.88 Å². The maximum Gasteiger partial charge on any atom is 0.328 e. The van der Waals surface area contributed by atoms with E-state index in [1.165, 1.54) is 11.0 Å². The second-order valence-electron chi connectivity index (χ2n) is 4.60. The van der Waals surface area contributed by atoms with E-state index in [1.54, 1.807) is 23.6 Å². The van der Waals surface area contributed by atoms with E-state index in [2.05, 4.69) is 16.8 Å². The zero-order chi connectivity index (χ0) is 15.1. The molecule has 0 atom stereocenters. The topological polar surface area (TPSA) is 53.4 Å². The molecule has 0 amide bonds. The normalized spacial score (nSPS) is 11.3. The predicted octanol–water partition coefficient (Wildman–Crippen LogP) is 3.26. The first-order chi connectivity index (χ1) is 10.2. The predicted molar refractivity (Wildman–Crippen MR) is 85.0 cm³/mol. The third-order valence-corrected chi connectivity index (χ3v) is 4.03. The first-order valence-corrected chi connectivity index (χ1v) is 7.66. The van der Waals surface area contributed by atoms with Crippen molar-refractivity contribution >= 4 is 23.4 Å². The minimum absolute atomic E-state index is 0.789. The van der Waals surface area contributed by atoms with Crippen molar-refractivity contribution in [1.29, 1.82) is 0 Å². The van der Waals surface area contributed by atoms with Gasteiger partial charge in [0.25, 0.3) is 0 Å². The van der Waals surface area contributed by atoms with Gasteiger partial charge in [0, 0.05) is 30.2 Å². The molecule has 21 heavy (non-hydrogen) atoms. The molecule has 0 saturated carbocycles. The molecular weight excluding hydrogens is 284 g/mol. The van der Waals surface area contributed by atoms with Crippen LogP contribution in [0.5, 0.6) is 0 Å². The SMILES string of the molecule is CCN(Cc1ccccn1)Cc1sccc1/C=C/C(=O)O. The Morgan fingerprint density at radius 1 is 1.38 bits per heavy atom. The molecule has 0 spiro atoms. The molecule has 0 aliphatic heterocycles. The summed E-state index contributed by atoms with van der Waals surface area (Å²) in [6.45, 7) is 4.61. The minimum atomic E-state index is -0.923. The average Bonchev–Trinajstić information content (AvgIpc) is 2.92. The molecule has 2 rings (SSSR count). The fourth-order valence-corrected chi connectivity index (χ4v) is 2.90. The van der Waals surface area contributed by atoms with E-state index < -0.39 is 5.97 Å². The summed E-state index contributed by atoms with van der Waals surface area (Å²) in [6, 6.07) is 7.87. The van der Waals surface area contributed by atoms with Crippen LogP contribution in [0, 0.1) is 0 Å².